The fourth-order valence-electron chi connectivity index (χ4n) is 3.99. The number of rotatable bonds is 7. The van der Waals surface area contributed by atoms with Crippen molar-refractivity contribution in [2.75, 3.05) is 20.2 Å². The Morgan fingerprint density at radius 2 is 1.58 bits per heavy atom. The van der Waals surface area contributed by atoms with Crippen LogP contribution in [0.25, 0.3) is 11.1 Å². The maximum Gasteiger partial charge on any atom is 0.408 e. The molecule has 2 aromatic carbocycles. The van der Waals surface area contributed by atoms with E-state index in [0.29, 0.717) is 0 Å². The van der Waals surface area contributed by atoms with E-state index < -0.39 is 29.4 Å². The van der Waals surface area contributed by atoms with Gasteiger partial charge in [-0.05, 0) is 36.1 Å². The van der Waals surface area contributed by atoms with Crippen LogP contribution in [0.3, 0.4) is 0 Å². The average Bonchev–Trinajstić information content (AvgIpc) is 3.05. The van der Waals surface area contributed by atoms with E-state index in [1.807, 2.05) is 36.4 Å². The zero-order chi connectivity index (χ0) is 22.8. The largest absolute Gasteiger partial charge is 0.481 e. The van der Waals surface area contributed by atoms with Crippen molar-refractivity contribution in [1.29, 1.82) is 0 Å². The van der Waals surface area contributed by atoms with Crippen LogP contribution in [0.5, 0.6) is 0 Å². The van der Waals surface area contributed by atoms with Gasteiger partial charge in [0.05, 0.1) is 5.92 Å². The van der Waals surface area contributed by atoms with Gasteiger partial charge in [0.1, 0.15) is 12.1 Å². The third-order valence-electron chi connectivity index (χ3n) is 5.61. The molecule has 0 saturated heterocycles. The molecule has 1 atom stereocenters. The number of hydrogen-bond acceptors (Lipinski definition) is 4. The number of carboxylic acids is 1. The Hall–Kier alpha value is -3.35. The standard InChI is InChI=1S/C24H28N2O5/c1-15(21(27)28)13-26(4)22(29)24(2,3)25-23(30)31-14-20-18-11-7-5-9-16(18)17-10-6-8-12-19(17)20/h5-12,15,20H,13-14H2,1-4H3,(H,25,30)(H,27,28). The van der Waals surface area contributed by atoms with Gasteiger partial charge < -0.3 is 20.1 Å². The van der Waals surface area contributed by atoms with Crippen LogP contribution in [0.2, 0.25) is 0 Å². The smallest absolute Gasteiger partial charge is 0.408 e. The molecule has 0 saturated carbocycles. The van der Waals surface area contributed by atoms with Crippen molar-refractivity contribution in [2.45, 2.75) is 32.2 Å². The van der Waals surface area contributed by atoms with Gasteiger partial charge in [0.2, 0.25) is 5.91 Å². The topological polar surface area (TPSA) is 95.9 Å². The Balaban J connectivity index is 1.63. The quantitative estimate of drug-likeness (QED) is 0.709. The van der Waals surface area contributed by atoms with Crippen molar-refractivity contribution in [3.8, 4) is 11.1 Å². The fourth-order valence-corrected chi connectivity index (χ4v) is 3.99. The van der Waals surface area contributed by atoms with Gasteiger partial charge in [-0.1, -0.05) is 55.5 Å². The van der Waals surface area contributed by atoms with Crippen molar-refractivity contribution in [3.05, 3.63) is 59.7 Å². The van der Waals surface area contributed by atoms with Crippen LogP contribution in [-0.4, -0.2) is 53.7 Å². The number of nitrogens with one attached hydrogen (secondary N) is 1. The van der Waals surface area contributed by atoms with Crippen LogP contribution in [-0.2, 0) is 14.3 Å². The number of benzene rings is 2. The summed E-state index contributed by atoms with van der Waals surface area (Å²) in [6, 6.07) is 16.1. The molecule has 0 aromatic heterocycles. The van der Waals surface area contributed by atoms with Crippen molar-refractivity contribution in [3.63, 3.8) is 0 Å². The summed E-state index contributed by atoms with van der Waals surface area (Å²) in [6.07, 6.45) is -0.695. The molecule has 2 amide bonds. The second kappa shape index (κ2) is 8.79. The van der Waals surface area contributed by atoms with E-state index in [1.165, 1.54) is 18.9 Å². The van der Waals surface area contributed by atoms with Gasteiger partial charge in [0.15, 0.2) is 0 Å². The molecule has 2 N–H and O–H groups in total. The number of amides is 2. The lowest BCUT2D eigenvalue weighted by molar-refractivity contribution is -0.143. The van der Waals surface area contributed by atoms with Gasteiger partial charge >= 0.3 is 12.1 Å². The molecule has 7 heteroatoms. The molecular weight excluding hydrogens is 396 g/mol. The first-order valence-corrected chi connectivity index (χ1v) is 10.2. The number of likely N-dealkylation sites (N-methyl/N-ethyl adjacent to an activating group) is 1. The van der Waals surface area contributed by atoms with Crippen LogP contribution in [0, 0.1) is 5.92 Å². The van der Waals surface area contributed by atoms with Gasteiger partial charge in [-0.25, -0.2) is 4.79 Å². The summed E-state index contributed by atoms with van der Waals surface area (Å²) < 4.78 is 5.51. The molecule has 0 heterocycles. The minimum atomic E-state index is -1.24. The van der Waals surface area contributed by atoms with E-state index in [9.17, 15) is 14.4 Å². The average molecular weight is 424 g/mol. The van der Waals surface area contributed by atoms with Crippen LogP contribution in [0.15, 0.2) is 48.5 Å². The lowest BCUT2D eigenvalue weighted by Crippen LogP contribution is -2.56. The number of fused-ring (bicyclic) bond motifs is 3. The predicted molar refractivity (Wildman–Crippen MR) is 117 cm³/mol. The number of carboxylic acid groups (broad SMARTS) is 1. The van der Waals surface area contributed by atoms with E-state index in [-0.39, 0.29) is 19.1 Å². The van der Waals surface area contributed by atoms with Gasteiger partial charge in [0, 0.05) is 19.5 Å². The highest BCUT2D eigenvalue weighted by molar-refractivity contribution is 5.89. The van der Waals surface area contributed by atoms with Crippen LogP contribution >= 0.6 is 0 Å². The lowest BCUT2D eigenvalue weighted by atomic mass is 9.98. The molecule has 0 radical (unpaired) electrons. The van der Waals surface area contributed by atoms with E-state index in [1.54, 1.807) is 13.8 Å². The molecule has 31 heavy (non-hydrogen) atoms. The Kier molecular flexibility index (Phi) is 6.34. The SMILES string of the molecule is CC(CN(C)C(=O)C(C)(C)NC(=O)OCC1c2ccccc2-c2ccccc21)C(=O)O. The second-order valence-corrected chi connectivity index (χ2v) is 8.50. The van der Waals surface area contributed by atoms with E-state index in [4.69, 9.17) is 9.84 Å². The molecule has 0 fully saturated rings. The van der Waals surface area contributed by atoms with Gasteiger partial charge in [-0.3, -0.25) is 9.59 Å². The molecule has 1 unspecified atom stereocenters. The van der Waals surface area contributed by atoms with Gasteiger partial charge in [-0.2, -0.15) is 0 Å². The number of ether oxygens (including phenoxy) is 1. The highest BCUT2D eigenvalue weighted by Crippen LogP contribution is 2.44. The number of hydrogen-bond donors (Lipinski definition) is 2. The maximum absolute atomic E-state index is 12.7. The summed E-state index contributed by atoms with van der Waals surface area (Å²) in [7, 11) is 1.52. The zero-order valence-electron chi connectivity index (χ0n) is 18.2. The number of alkyl carbamates (subject to hydrolysis) is 1. The third kappa shape index (κ3) is 4.71. The molecule has 3 rings (SSSR count). The minimum absolute atomic E-state index is 0.0456. The summed E-state index contributed by atoms with van der Waals surface area (Å²) in [5.41, 5.74) is 3.24. The Morgan fingerprint density at radius 3 is 2.10 bits per heavy atom. The molecule has 164 valence electrons. The van der Waals surface area contributed by atoms with Gasteiger partial charge in [-0.15, -0.1) is 0 Å². The van der Waals surface area contributed by atoms with Crippen LogP contribution < -0.4 is 5.32 Å². The normalized spacial score (nSPS) is 13.7. The first kappa shape index (κ1) is 22.3. The minimum Gasteiger partial charge on any atom is -0.481 e. The Morgan fingerprint density at radius 1 is 1.06 bits per heavy atom. The summed E-state index contributed by atoms with van der Waals surface area (Å²) in [5.74, 6) is -2.16. The molecule has 1 aliphatic carbocycles. The summed E-state index contributed by atoms with van der Waals surface area (Å²) in [5, 5.41) is 11.7. The molecule has 2 aromatic rings. The number of carbonyl (C=O) groups excluding carboxylic acids is 2. The molecule has 0 spiro atoms. The first-order chi connectivity index (χ1) is 14.6. The first-order valence-electron chi connectivity index (χ1n) is 10.2. The number of nitrogens with zero attached hydrogens (tertiary/aromatic N) is 1. The zero-order valence-corrected chi connectivity index (χ0v) is 18.2. The molecular formula is C24H28N2O5. The van der Waals surface area contributed by atoms with Crippen molar-refractivity contribution < 1.29 is 24.2 Å². The highest BCUT2D eigenvalue weighted by Gasteiger charge is 2.35. The lowest BCUT2D eigenvalue weighted by Gasteiger charge is -2.30. The number of carbonyl (C=O) groups is 3. The molecule has 1 aliphatic rings. The highest BCUT2D eigenvalue weighted by atomic mass is 16.5. The molecule has 7 nitrogen and oxygen atoms in total. The fraction of sp³-hybridized carbons (Fsp3) is 0.375. The Labute approximate surface area is 182 Å². The number of aliphatic carboxylic acids is 1. The van der Waals surface area contributed by atoms with E-state index >= 15 is 0 Å². The molecule has 0 bridgehead atoms. The second-order valence-electron chi connectivity index (χ2n) is 8.50. The van der Waals surface area contributed by atoms with Crippen LogP contribution in [0.1, 0.15) is 37.8 Å². The molecule has 0 aliphatic heterocycles. The monoisotopic (exact) mass is 424 g/mol. The van der Waals surface area contributed by atoms with E-state index in [0.717, 1.165) is 22.3 Å². The van der Waals surface area contributed by atoms with Crippen molar-refractivity contribution >= 4 is 18.0 Å². The Bertz CT molecular complexity index is 955. The maximum atomic E-state index is 12.7. The van der Waals surface area contributed by atoms with Crippen molar-refractivity contribution in [2.24, 2.45) is 5.92 Å². The summed E-state index contributed by atoms with van der Waals surface area (Å²) in [6.45, 7) is 4.86. The third-order valence-corrected chi connectivity index (χ3v) is 5.61. The summed E-state index contributed by atoms with van der Waals surface area (Å²) >= 11 is 0. The van der Waals surface area contributed by atoms with Gasteiger partial charge in [0.25, 0.3) is 0 Å². The van der Waals surface area contributed by atoms with Crippen LogP contribution in [0.4, 0.5) is 4.79 Å². The summed E-state index contributed by atoms with van der Waals surface area (Å²) in [4.78, 5) is 37.6. The van der Waals surface area contributed by atoms with Crippen molar-refractivity contribution in [1.82, 2.24) is 10.2 Å². The van der Waals surface area contributed by atoms with E-state index in [2.05, 4.69) is 17.4 Å². The predicted octanol–water partition coefficient (Wildman–Crippen LogP) is 3.48.